The highest BCUT2D eigenvalue weighted by molar-refractivity contribution is 8.01. The summed E-state index contributed by atoms with van der Waals surface area (Å²) in [6, 6.07) is 2.57. The first-order valence-electron chi connectivity index (χ1n) is 12.3. The second kappa shape index (κ2) is 14.7. The normalized spacial score (nSPS) is 18.1. The predicted molar refractivity (Wildman–Crippen MR) is 147 cm³/mol. The van der Waals surface area contributed by atoms with Gasteiger partial charge in [-0.1, -0.05) is 36.4 Å². The van der Waals surface area contributed by atoms with Gasteiger partial charge in [-0.25, -0.2) is 17.5 Å². The third kappa shape index (κ3) is 9.99. The van der Waals surface area contributed by atoms with E-state index < -0.39 is 53.7 Å². The van der Waals surface area contributed by atoms with E-state index in [9.17, 15) is 36.2 Å². The fraction of sp³-hybridized carbons (Fsp3) is 0.321. The molecule has 1 amide bonds. The van der Waals surface area contributed by atoms with Crippen molar-refractivity contribution < 1.29 is 36.2 Å². The first-order valence-corrected chi connectivity index (χ1v) is 13.9. The van der Waals surface area contributed by atoms with Gasteiger partial charge in [0.1, 0.15) is 5.83 Å². The van der Waals surface area contributed by atoms with Crippen LogP contribution in [-0.2, 0) is 11.3 Å². The van der Waals surface area contributed by atoms with Crippen molar-refractivity contribution in [2.24, 2.45) is 0 Å². The Kier molecular flexibility index (Phi) is 11.7. The summed E-state index contributed by atoms with van der Waals surface area (Å²) in [5, 5.41) is 15.5. The van der Waals surface area contributed by atoms with Crippen molar-refractivity contribution >= 4 is 29.2 Å². The predicted octanol–water partition coefficient (Wildman–Crippen LogP) is 7.68. The molecule has 0 bridgehead atoms. The monoisotopic (exact) mass is 602 g/mol. The fourth-order valence-corrected chi connectivity index (χ4v) is 5.55. The van der Waals surface area contributed by atoms with Crippen molar-refractivity contribution in [1.82, 2.24) is 9.62 Å². The number of carbonyl (C=O) groups is 1. The molecule has 2 aliphatic rings. The number of halogens is 6. The number of alkyl halides is 3. The van der Waals surface area contributed by atoms with Crippen molar-refractivity contribution in [2.45, 2.75) is 51.1 Å². The lowest BCUT2D eigenvalue weighted by Gasteiger charge is -2.29. The van der Waals surface area contributed by atoms with Crippen molar-refractivity contribution in [3.05, 3.63) is 105 Å². The van der Waals surface area contributed by atoms with Gasteiger partial charge in [0, 0.05) is 36.0 Å². The molecule has 0 radical (unpaired) electrons. The number of amides is 1. The summed E-state index contributed by atoms with van der Waals surface area (Å²) < 4.78 is 83.0. The maximum Gasteiger partial charge on any atom is 0.412 e. The largest absolute Gasteiger partial charge is 0.412 e. The SMILES string of the molecule is C/C(=C/C(=O)NC(CC1=CC=CCC=C1)C(O)CN(Cc1cccs1)SC1=C(F)CC=C(F)C(F)=C1)C(F)(F)F. The van der Waals surface area contributed by atoms with Crippen molar-refractivity contribution in [1.29, 1.82) is 0 Å². The fourth-order valence-electron chi connectivity index (χ4n) is 3.70. The Morgan fingerprint density at radius 2 is 2.02 bits per heavy atom. The molecule has 2 N–H and O–H groups in total. The topological polar surface area (TPSA) is 52.6 Å². The van der Waals surface area contributed by atoms with Crippen molar-refractivity contribution in [3.63, 3.8) is 0 Å². The molecule has 0 aromatic carbocycles. The van der Waals surface area contributed by atoms with Gasteiger partial charge in [0.2, 0.25) is 5.91 Å². The summed E-state index contributed by atoms with van der Waals surface area (Å²) in [6.45, 7) is 0.760. The van der Waals surface area contributed by atoms with Gasteiger partial charge in [-0.15, -0.1) is 11.3 Å². The first-order chi connectivity index (χ1) is 18.9. The average molecular weight is 603 g/mol. The molecule has 1 aromatic rings. The second-order valence-electron chi connectivity index (χ2n) is 9.03. The van der Waals surface area contributed by atoms with Crippen LogP contribution < -0.4 is 5.32 Å². The number of hydrogen-bond donors (Lipinski definition) is 2. The summed E-state index contributed by atoms with van der Waals surface area (Å²) in [5.74, 6) is -4.21. The molecule has 1 heterocycles. The minimum Gasteiger partial charge on any atom is -0.390 e. The van der Waals surface area contributed by atoms with Crippen LogP contribution in [0.4, 0.5) is 26.3 Å². The third-order valence-corrected chi connectivity index (χ3v) is 7.77. The van der Waals surface area contributed by atoms with Gasteiger partial charge in [-0.3, -0.25) is 4.79 Å². The van der Waals surface area contributed by atoms with Crippen LogP contribution in [0.5, 0.6) is 0 Å². The number of hydrogen-bond acceptors (Lipinski definition) is 5. The number of thiophene rings is 1. The van der Waals surface area contributed by atoms with Gasteiger partial charge in [0.05, 0.1) is 17.1 Å². The van der Waals surface area contributed by atoms with E-state index in [2.05, 4.69) is 5.32 Å². The summed E-state index contributed by atoms with van der Waals surface area (Å²) in [4.78, 5) is 13.2. The Morgan fingerprint density at radius 1 is 1.25 bits per heavy atom. The zero-order valence-electron chi connectivity index (χ0n) is 21.4. The zero-order valence-corrected chi connectivity index (χ0v) is 23.1. The van der Waals surface area contributed by atoms with E-state index in [1.165, 1.54) is 15.6 Å². The average Bonchev–Trinajstić information content (AvgIpc) is 3.21. The van der Waals surface area contributed by atoms with E-state index in [1.54, 1.807) is 30.4 Å². The maximum absolute atomic E-state index is 14.7. The summed E-state index contributed by atoms with van der Waals surface area (Å²) in [5.41, 5.74) is -0.383. The van der Waals surface area contributed by atoms with E-state index >= 15 is 0 Å². The van der Waals surface area contributed by atoms with E-state index in [0.717, 1.165) is 41.5 Å². The Bertz CT molecular complexity index is 1260. The number of nitrogens with one attached hydrogen (secondary N) is 1. The molecule has 2 atom stereocenters. The van der Waals surface area contributed by atoms with Crippen LogP contribution in [0.3, 0.4) is 0 Å². The highest BCUT2D eigenvalue weighted by Crippen LogP contribution is 2.35. The van der Waals surface area contributed by atoms with E-state index in [0.29, 0.717) is 12.5 Å². The molecule has 2 aliphatic carbocycles. The van der Waals surface area contributed by atoms with E-state index in [-0.39, 0.29) is 24.4 Å². The molecule has 0 aliphatic heterocycles. The number of carbonyl (C=O) groups excluding carboxylic acids is 1. The smallest absolute Gasteiger partial charge is 0.390 e. The van der Waals surface area contributed by atoms with Crippen LogP contribution in [0.1, 0.15) is 31.1 Å². The van der Waals surface area contributed by atoms with Gasteiger partial charge in [-0.2, -0.15) is 13.2 Å². The first kappa shape index (κ1) is 31.7. The van der Waals surface area contributed by atoms with Crippen molar-refractivity contribution in [3.8, 4) is 0 Å². The lowest BCUT2D eigenvalue weighted by atomic mass is 10.00. The lowest BCUT2D eigenvalue weighted by molar-refractivity contribution is -0.119. The molecule has 4 nitrogen and oxygen atoms in total. The van der Waals surface area contributed by atoms with Crippen LogP contribution in [0.15, 0.2) is 99.7 Å². The molecule has 0 saturated carbocycles. The molecule has 0 fully saturated rings. The Balaban J connectivity index is 1.86. The molecular formula is C28H28F6N2O2S2. The van der Waals surface area contributed by atoms with Crippen LogP contribution >= 0.6 is 23.3 Å². The minimum atomic E-state index is -4.69. The molecule has 3 rings (SSSR count). The summed E-state index contributed by atoms with van der Waals surface area (Å²) >= 11 is 2.16. The molecular weight excluding hydrogens is 574 g/mol. The maximum atomic E-state index is 14.7. The highest BCUT2D eigenvalue weighted by Gasteiger charge is 2.32. The Hall–Kier alpha value is -2.80. The minimum absolute atomic E-state index is 0.0882. The molecule has 0 spiro atoms. The number of aliphatic hydroxyl groups is 1. The number of aliphatic hydroxyl groups excluding tert-OH is 1. The van der Waals surface area contributed by atoms with Crippen LogP contribution in [0, 0.1) is 0 Å². The lowest BCUT2D eigenvalue weighted by Crippen LogP contribution is -2.47. The summed E-state index contributed by atoms with van der Waals surface area (Å²) in [6.07, 6.45) is 5.34. The van der Waals surface area contributed by atoms with Gasteiger partial charge >= 0.3 is 6.18 Å². The molecule has 12 heteroatoms. The second-order valence-corrected chi connectivity index (χ2v) is 11.2. The Morgan fingerprint density at radius 3 is 2.73 bits per heavy atom. The molecule has 1 aromatic heterocycles. The standard InChI is InChI=1S/C28H28F6N2O2S2/c1-18(28(32,33)34)13-27(38)35-24(14-19-7-4-2-3-5-8-19)25(37)17-36(16-20-9-6-12-39-20)40-26-15-23(31)21(29)10-11-22(26)30/h2,4-10,12-13,15,24-25,37H,3,11,14,16-17H2,1H3,(H,35,38)/b18-13-. The van der Waals surface area contributed by atoms with Crippen LogP contribution in [-0.4, -0.2) is 40.2 Å². The summed E-state index contributed by atoms with van der Waals surface area (Å²) in [7, 11) is 0. The van der Waals surface area contributed by atoms with Gasteiger partial charge in [0.15, 0.2) is 11.7 Å². The van der Waals surface area contributed by atoms with E-state index in [4.69, 9.17) is 0 Å². The number of rotatable bonds is 11. The third-order valence-electron chi connectivity index (χ3n) is 5.84. The highest BCUT2D eigenvalue weighted by atomic mass is 32.2. The molecule has 0 saturated heterocycles. The van der Waals surface area contributed by atoms with Gasteiger partial charge in [0.25, 0.3) is 0 Å². The zero-order chi connectivity index (χ0) is 29.3. The Labute approximate surface area is 237 Å². The molecule has 216 valence electrons. The van der Waals surface area contributed by atoms with Gasteiger partial charge < -0.3 is 10.4 Å². The van der Waals surface area contributed by atoms with E-state index in [1.807, 2.05) is 17.5 Å². The number of allylic oxidation sites excluding steroid dienone is 11. The number of nitrogens with zero attached hydrogens (tertiary/aromatic N) is 1. The quantitative estimate of drug-likeness (QED) is 0.155. The van der Waals surface area contributed by atoms with Gasteiger partial charge in [-0.05, 0) is 60.9 Å². The molecule has 2 unspecified atom stereocenters. The van der Waals surface area contributed by atoms with Crippen LogP contribution in [0.25, 0.3) is 0 Å². The van der Waals surface area contributed by atoms with Crippen molar-refractivity contribution in [2.75, 3.05) is 6.54 Å². The van der Waals surface area contributed by atoms with Crippen LogP contribution in [0.2, 0.25) is 0 Å². The molecule has 40 heavy (non-hydrogen) atoms.